The number of amides is 1. The first-order chi connectivity index (χ1) is 8.68. The molecule has 0 unspecified atom stereocenters. The van der Waals surface area contributed by atoms with Gasteiger partial charge in [0.15, 0.2) is 0 Å². The molecule has 0 radical (unpaired) electrons. The summed E-state index contributed by atoms with van der Waals surface area (Å²) < 4.78 is 0. The van der Waals surface area contributed by atoms with Crippen molar-refractivity contribution in [3.05, 3.63) is 0 Å². The Balaban J connectivity index is 2.01. The molecule has 1 N–H and O–H groups in total. The molecule has 0 spiro atoms. The van der Waals surface area contributed by atoms with Gasteiger partial charge in [0, 0.05) is 26.2 Å². The molecule has 5 nitrogen and oxygen atoms in total. The highest BCUT2D eigenvalue weighted by Gasteiger charge is 2.39. The molecule has 0 aromatic heterocycles. The topological polar surface area (TPSA) is 67.6 Å². The molecule has 2 rings (SSSR count). The fraction of sp³-hybridized carbons (Fsp3) is 0.846. The second-order valence-electron chi connectivity index (χ2n) is 5.31. The van der Waals surface area contributed by atoms with Gasteiger partial charge in [-0.2, -0.15) is 5.26 Å². The minimum absolute atomic E-state index is 0.332. The zero-order chi connectivity index (χ0) is 13.0. The number of hydrogen-bond acceptors (Lipinski definition) is 3. The summed E-state index contributed by atoms with van der Waals surface area (Å²) in [6, 6.07) is 2.53. The maximum atomic E-state index is 10.9. The number of hydrogen-bond donors (Lipinski definition) is 1. The average Bonchev–Trinajstić information content (AvgIpc) is 2.65. The molecule has 18 heavy (non-hydrogen) atoms. The number of carbonyl (C=O) groups is 1. The summed E-state index contributed by atoms with van der Waals surface area (Å²) in [5.74, 6) is 0. The second-order valence-corrected chi connectivity index (χ2v) is 5.31. The smallest absolute Gasteiger partial charge is 0.407 e. The molecule has 100 valence electrons. The van der Waals surface area contributed by atoms with Gasteiger partial charge in [-0.3, -0.25) is 4.90 Å². The van der Waals surface area contributed by atoms with Crippen LogP contribution in [0, 0.1) is 11.3 Å². The van der Waals surface area contributed by atoms with E-state index in [-0.39, 0.29) is 5.54 Å². The van der Waals surface area contributed by atoms with Crippen LogP contribution in [-0.4, -0.2) is 52.7 Å². The average molecular weight is 251 g/mol. The van der Waals surface area contributed by atoms with E-state index in [1.165, 1.54) is 17.7 Å². The van der Waals surface area contributed by atoms with Crippen LogP contribution < -0.4 is 0 Å². The van der Waals surface area contributed by atoms with E-state index in [1.54, 1.807) is 0 Å². The first-order valence-electron chi connectivity index (χ1n) is 6.82. The lowest BCUT2D eigenvalue weighted by Crippen LogP contribution is -2.57. The minimum Gasteiger partial charge on any atom is -0.465 e. The van der Waals surface area contributed by atoms with E-state index in [4.69, 9.17) is 5.11 Å². The molecule has 5 heteroatoms. The van der Waals surface area contributed by atoms with E-state index in [2.05, 4.69) is 11.0 Å². The van der Waals surface area contributed by atoms with Crippen molar-refractivity contribution in [2.24, 2.45) is 0 Å². The Bertz CT molecular complexity index is 335. The molecule has 1 amide bonds. The van der Waals surface area contributed by atoms with Crippen molar-refractivity contribution in [3.63, 3.8) is 0 Å². The van der Waals surface area contributed by atoms with Crippen molar-refractivity contribution >= 4 is 6.09 Å². The lowest BCUT2D eigenvalue weighted by Gasteiger charge is -2.43. The Kier molecular flexibility index (Phi) is 4.07. The van der Waals surface area contributed by atoms with E-state index >= 15 is 0 Å². The molecule has 2 aliphatic rings. The first-order valence-corrected chi connectivity index (χ1v) is 6.82. The van der Waals surface area contributed by atoms with Crippen molar-refractivity contribution in [3.8, 4) is 6.07 Å². The first kappa shape index (κ1) is 13.2. The van der Waals surface area contributed by atoms with Crippen LogP contribution in [0.5, 0.6) is 0 Å². The van der Waals surface area contributed by atoms with Gasteiger partial charge in [0.05, 0.1) is 6.07 Å². The molecule has 0 atom stereocenters. The molecule has 0 bridgehead atoms. The highest BCUT2D eigenvalue weighted by molar-refractivity contribution is 5.65. The third-order valence-electron chi connectivity index (χ3n) is 4.29. The van der Waals surface area contributed by atoms with Crippen molar-refractivity contribution in [2.75, 3.05) is 26.2 Å². The van der Waals surface area contributed by atoms with Crippen LogP contribution >= 0.6 is 0 Å². The molecule has 1 saturated heterocycles. The summed E-state index contributed by atoms with van der Waals surface area (Å²) in [5.41, 5.74) is -0.332. The van der Waals surface area contributed by atoms with Gasteiger partial charge in [0.1, 0.15) is 5.54 Å². The summed E-state index contributed by atoms with van der Waals surface area (Å²) in [7, 11) is 0. The highest BCUT2D eigenvalue weighted by atomic mass is 16.4. The van der Waals surface area contributed by atoms with E-state index < -0.39 is 6.09 Å². The van der Waals surface area contributed by atoms with Gasteiger partial charge < -0.3 is 10.0 Å². The lowest BCUT2D eigenvalue weighted by atomic mass is 9.89. The van der Waals surface area contributed by atoms with Crippen LogP contribution in [-0.2, 0) is 0 Å². The maximum absolute atomic E-state index is 10.9. The molecule has 0 aromatic rings. The summed E-state index contributed by atoms with van der Waals surface area (Å²) in [4.78, 5) is 14.5. The SMILES string of the molecule is N#CC1(N2CCN(C(=O)O)CC2)CCCCCC1. The van der Waals surface area contributed by atoms with Gasteiger partial charge >= 0.3 is 6.09 Å². The van der Waals surface area contributed by atoms with Crippen molar-refractivity contribution < 1.29 is 9.90 Å². The summed E-state index contributed by atoms with van der Waals surface area (Å²) in [6.07, 6.45) is 5.71. The van der Waals surface area contributed by atoms with Gasteiger partial charge in [-0.25, -0.2) is 4.79 Å². The summed E-state index contributed by atoms with van der Waals surface area (Å²) in [6.45, 7) is 2.44. The number of nitriles is 1. The Morgan fingerprint density at radius 3 is 2.06 bits per heavy atom. The van der Waals surface area contributed by atoms with Crippen LogP contribution in [0.15, 0.2) is 0 Å². The highest BCUT2D eigenvalue weighted by Crippen LogP contribution is 2.32. The molecule has 2 fully saturated rings. The molecular formula is C13H21N3O2. The van der Waals surface area contributed by atoms with Crippen LogP contribution in [0.25, 0.3) is 0 Å². The number of rotatable bonds is 1. The number of carboxylic acid groups (broad SMARTS) is 1. The standard InChI is InChI=1S/C13H21N3O2/c14-11-13(5-3-1-2-4-6-13)16-9-7-15(8-10-16)12(17)18/h1-10H2,(H,17,18). The second kappa shape index (κ2) is 5.57. The quantitative estimate of drug-likeness (QED) is 0.723. The van der Waals surface area contributed by atoms with Crippen LogP contribution in [0.1, 0.15) is 38.5 Å². The van der Waals surface area contributed by atoms with Gasteiger partial charge in [-0.1, -0.05) is 25.7 Å². The summed E-state index contributed by atoms with van der Waals surface area (Å²) >= 11 is 0. The minimum atomic E-state index is -0.846. The van der Waals surface area contributed by atoms with Gasteiger partial charge in [-0.15, -0.1) is 0 Å². The Morgan fingerprint density at radius 2 is 1.61 bits per heavy atom. The van der Waals surface area contributed by atoms with Crippen molar-refractivity contribution in [1.82, 2.24) is 9.80 Å². The van der Waals surface area contributed by atoms with Gasteiger partial charge in [0.25, 0.3) is 0 Å². The molecular weight excluding hydrogens is 230 g/mol. The fourth-order valence-corrected chi connectivity index (χ4v) is 3.14. The van der Waals surface area contributed by atoms with Crippen molar-refractivity contribution in [1.29, 1.82) is 5.26 Å². The lowest BCUT2D eigenvalue weighted by molar-refractivity contribution is 0.0529. The third kappa shape index (κ3) is 2.59. The zero-order valence-electron chi connectivity index (χ0n) is 10.8. The third-order valence-corrected chi connectivity index (χ3v) is 4.29. The van der Waals surface area contributed by atoms with Crippen LogP contribution in [0.4, 0.5) is 4.79 Å². The Labute approximate surface area is 108 Å². The summed E-state index contributed by atoms with van der Waals surface area (Å²) in [5, 5.41) is 18.5. The number of nitrogens with zero attached hydrogens (tertiary/aromatic N) is 3. The molecule has 0 aromatic carbocycles. The van der Waals surface area contributed by atoms with Gasteiger partial charge in [0.2, 0.25) is 0 Å². The number of piperazine rings is 1. The molecule has 1 aliphatic carbocycles. The molecule has 1 aliphatic heterocycles. The van der Waals surface area contributed by atoms with E-state index in [0.717, 1.165) is 25.7 Å². The monoisotopic (exact) mass is 251 g/mol. The van der Waals surface area contributed by atoms with Crippen LogP contribution in [0.3, 0.4) is 0 Å². The predicted molar refractivity (Wildman–Crippen MR) is 67.2 cm³/mol. The predicted octanol–water partition coefficient (Wildman–Crippen LogP) is 1.90. The zero-order valence-corrected chi connectivity index (χ0v) is 10.8. The normalized spacial score (nSPS) is 25.2. The molecule has 1 saturated carbocycles. The van der Waals surface area contributed by atoms with E-state index in [1.807, 2.05) is 0 Å². The van der Waals surface area contributed by atoms with E-state index in [9.17, 15) is 10.1 Å². The molecule has 1 heterocycles. The van der Waals surface area contributed by atoms with Crippen molar-refractivity contribution in [2.45, 2.75) is 44.1 Å². The Morgan fingerprint density at radius 1 is 1.06 bits per heavy atom. The fourth-order valence-electron chi connectivity index (χ4n) is 3.14. The van der Waals surface area contributed by atoms with Gasteiger partial charge in [-0.05, 0) is 12.8 Å². The van der Waals surface area contributed by atoms with Crippen LogP contribution in [0.2, 0.25) is 0 Å². The largest absolute Gasteiger partial charge is 0.465 e. The van der Waals surface area contributed by atoms with E-state index in [0.29, 0.717) is 26.2 Å². The Hall–Kier alpha value is -1.28. The maximum Gasteiger partial charge on any atom is 0.407 e.